The summed E-state index contributed by atoms with van der Waals surface area (Å²) >= 11 is 0. The lowest BCUT2D eigenvalue weighted by molar-refractivity contribution is 0.154. The number of urea groups is 1. The molecule has 3 aliphatic rings. The molecule has 0 radical (unpaired) electrons. The Bertz CT molecular complexity index is 312. The molecule has 3 aliphatic heterocycles. The molecule has 3 unspecified atom stereocenters. The molecule has 5 heteroatoms. The van der Waals surface area contributed by atoms with Crippen LogP contribution in [0.25, 0.3) is 0 Å². The van der Waals surface area contributed by atoms with Crippen molar-refractivity contribution in [1.82, 2.24) is 15.5 Å². The van der Waals surface area contributed by atoms with Crippen molar-refractivity contribution >= 4 is 6.03 Å². The molecule has 3 rings (SSSR count). The van der Waals surface area contributed by atoms with Crippen LogP contribution in [0, 0.1) is 5.92 Å². The van der Waals surface area contributed by atoms with E-state index < -0.39 is 0 Å². The van der Waals surface area contributed by atoms with Crippen molar-refractivity contribution < 1.29 is 9.53 Å². The maximum atomic E-state index is 12.4. The van der Waals surface area contributed by atoms with E-state index in [1.165, 1.54) is 19.3 Å². The first-order valence-electron chi connectivity index (χ1n) is 7.70. The maximum absolute atomic E-state index is 12.4. The SMILES string of the molecule is O=C(NC1CCOC1)N1CCCC1C1CCCNC1. The van der Waals surface area contributed by atoms with E-state index in [4.69, 9.17) is 4.74 Å². The zero-order valence-electron chi connectivity index (χ0n) is 11.6. The molecule has 0 aromatic carbocycles. The quantitative estimate of drug-likeness (QED) is 0.783. The van der Waals surface area contributed by atoms with Gasteiger partial charge in [0.05, 0.1) is 12.6 Å². The summed E-state index contributed by atoms with van der Waals surface area (Å²) in [6, 6.07) is 0.789. The van der Waals surface area contributed by atoms with Gasteiger partial charge in [0.1, 0.15) is 0 Å². The van der Waals surface area contributed by atoms with Crippen molar-refractivity contribution in [3.8, 4) is 0 Å². The van der Waals surface area contributed by atoms with Gasteiger partial charge in [-0.25, -0.2) is 4.79 Å². The van der Waals surface area contributed by atoms with Crippen molar-refractivity contribution in [3.63, 3.8) is 0 Å². The molecule has 108 valence electrons. The van der Waals surface area contributed by atoms with Crippen molar-refractivity contribution in [3.05, 3.63) is 0 Å². The Morgan fingerprint density at radius 3 is 2.95 bits per heavy atom. The predicted molar refractivity (Wildman–Crippen MR) is 73.1 cm³/mol. The van der Waals surface area contributed by atoms with Crippen molar-refractivity contribution in [1.29, 1.82) is 0 Å². The molecule has 2 N–H and O–H groups in total. The molecule has 3 heterocycles. The topological polar surface area (TPSA) is 53.6 Å². The first-order chi connectivity index (χ1) is 9.34. The molecule has 19 heavy (non-hydrogen) atoms. The van der Waals surface area contributed by atoms with Crippen LogP contribution in [-0.2, 0) is 4.74 Å². The molecule has 0 aromatic heterocycles. The Hall–Kier alpha value is -0.810. The van der Waals surface area contributed by atoms with E-state index in [2.05, 4.69) is 15.5 Å². The summed E-state index contributed by atoms with van der Waals surface area (Å²) in [5.74, 6) is 0.641. The minimum absolute atomic E-state index is 0.128. The molecule has 0 aromatic rings. The second kappa shape index (κ2) is 6.09. The summed E-state index contributed by atoms with van der Waals surface area (Å²) in [7, 11) is 0. The van der Waals surface area contributed by atoms with Gasteiger partial charge in [0, 0.05) is 19.2 Å². The van der Waals surface area contributed by atoms with E-state index in [0.717, 1.165) is 39.1 Å². The number of piperidine rings is 1. The number of likely N-dealkylation sites (tertiary alicyclic amines) is 1. The van der Waals surface area contributed by atoms with Crippen LogP contribution in [0.1, 0.15) is 32.1 Å². The van der Waals surface area contributed by atoms with E-state index in [0.29, 0.717) is 18.6 Å². The van der Waals surface area contributed by atoms with Gasteiger partial charge in [-0.05, 0) is 51.1 Å². The van der Waals surface area contributed by atoms with Crippen LogP contribution in [0.3, 0.4) is 0 Å². The maximum Gasteiger partial charge on any atom is 0.317 e. The van der Waals surface area contributed by atoms with Gasteiger partial charge < -0.3 is 20.3 Å². The third kappa shape index (κ3) is 3.03. The minimum Gasteiger partial charge on any atom is -0.379 e. The number of carbonyl (C=O) groups excluding carboxylic acids is 1. The number of hydrogen-bond acceptors (Lipinski definition) is 3. The van der Waals surface area contributed by atoms with Crippen LogP contribution in [0.15, 0.2) is 0 Å². The van der Waals surface area contributed by atoms with E-state index in [1.807, 2.05) is 0 Å². The molecule has 5 nitrogen and oxygen atoms in total. The first-order valence-corrected chi connectivity index (χ1v) is 7.70. The van der Waals surface area contributed by atoms with E-state index >= 15 is 0 Å². The van der Waals surface area contributed by atoms with Gasteiger partial charge in [0.15, 0.2) is 0 Å². The lowest BCUT2D eigenvalue weighted by atomic mass is 9.90. The third-order valence-electron chi connectivity index (χ3n) is 4.70. The van der Waals surface area contributed by atoms with Crippen molar-refractivity contribution in [2.24, 2.45) is 5.92 Å². The van der Waals surface area contributed by atoms with Gasteiger partial charge >= 0.3 is 6.03 Å². The van der Waals surface area contributed by atoms with Crippen LogP contribution < -0.4 is 10.6 Å². The summed E-state index contributed by atoms with van der Waals surface area (Å²) in [6.45, 7) is 4.58. The normalized spacial score (nSPS) is 35.6. The standard InChI is InChI=1S/C14H25N3O2/c18-14(16-12-5-8-19-10-12)17-7-2-4-13(17)11-3-1-6-15-9-11/h11-13,15H,1-10H2,(H,16,18). The lowest BCUT2D eigenvalue weighted by Gasteiger charge is -2.34. The summed E-state index contributed by atoms with van der Waals surface area (Å²) in [4.78, 5) is 14.5. The van der Waals surface area contributed by atoms with E-state index in [-0.39, 0.29) is 12.1 Å². The summed E-state index contributed by atoms with van der Waals surface area (Å²) in [6.07, 6.45) is 5.77. The molecule has 2 amide bonds. The van der Waals surface area contributed by atoms with Gasteiger partial charge in [-0.1, -0.05) is 0 Å². The van der Waals surface area contributed by atoms with Crippen LogP contribution >= 0.6 is 0 Å². The average molecular weight is 267 g/mol. The van der Waals surface area contributed by atoms with Gasteiger partial charge in [0.25, 0.3) is 0 Å². The summed E-state index contributed by atoms with van der Waals surface area (Å²) in [5, 5.41) is 6.60. The lowest BCUT2D eigenvalue weighted by Crippen LogP contribution is -2.51. The molecular formula is C14H25N3O2. The van der Waals surface area contributed by atoms with E-state index in [1.54, 1.807) is 0 Å². The number of carbonyl (C=O) groups is 1. The minimum atomic E-state index is 0.128. The average Bonchev–Trinajstić information content (AvgIpc) is 3.10. The largest absolute Gasteiger partial charge is 0.379 e. The molecular weight excluding hydrogens is 242 g/mol. The number of hydrogen-bond donors (Lipinski definition) is 2. The molecule has 0 saturated carbocycles. The zero-order chi connectivity index (χ0) is 13.1. The summed E-state index contributed by atoms with van der Waals surface area (Å²) < 4.78 is 5.32. The van der Waals surface area contributed by atoms with Crippen LogP contribution in [-0.4, -0.2) is 55.9 Å². The molecule has 3 fully saturated rings. The van der Waals surface area contributed by atoms with Crippen LogP contribution in [0.5, 0.6) is 0 Å². The van der Waals surface area contributed by atoms with Crippen molar-refractivity contribution in [2.45, 2.75) is 44.2 Å². The number of nitrogens with zero attached hydrogens (tertiary/aromatic N) is 1. The highest BCUT2D eigenvalue weighted by molar-refractivity contribution is 5.75. The fourth-order valence-corrected chi connectivity index (χ4v) is 3.65. The fraction of sp³-hybridized carbons (Fsp3) is 0.929. The number of nitrogens with one attached hydrogen (secondary N) is 2. The van der Waals surface area contributed by atoms with Gasteiger partial charge in [-0.2, -0.15) is 0 Å². The van der Waals surface area contributed by atoms with Crippen molar-refractivity contribution in [2.75, 3.05) is 32.8 Å². The predicted octanol–water partition coefficient (Wildman–Crippen LogP) is 0.949. The molecule has 0 spiro atoms. The van der Waals surface area contributed by atoms with Gasteiger partial charge in [0.2, 0.25) is 0 Å². The van der Waals surface area contributed by atoms with Gasteiger partial charge in [-0.3, -0.25) is 0 Å². The molecule has 0 aliphatic carbocycles. The number of amides is 2. The molecule has 3 saturated heterocycles. The van der Waals surface area contributed by atoms with E-state index in [9.17, 15) is 4.79 Å². The van der Waals surface area contributed by atoms with Crippen LogP contribution in [0.2, 0.25) is 0 Å². The Morgan fingerprint density at radius 2 is 2.21 bits per heavy atom. The second-order valence-corrected chi connectivity index (χ2v) is 6.02. The second-order valence-electron chi connectivity index (χ2n) is 6.02. The Kier molecular flexibility index (Phi) is 4.23. The Balaban J connectivity index is 1.56. The molecule has 0 bridgehead atoms. The molecule has 3 atom stereocenters. The Morgan fingerprint density at radius 1 is 1.26 bits per heavy atom. The highest BCUT2D eigenvalue weighted by Crippen LogP contribution is 2.28. The Labute approximate surface area is 115 Å². The third-order valence-corrected chi connectivity index (χ3v) is 4.70. The number of rotatable bonds is 2. The smallest absolute Gasteiger partial charge is 0.317 e. The fourth-order valence-electron chi connectivity index (χ4n) is 3.65. The zero-order valence-corrected chi connectivity index (χ0v) is 11.6. The number of ether oxygens (including phenoxy) is 1. The summed E-state index contributed by atoms with van der Waals surface area (Å²) in [5.41, 5.74) is 0. The monoisotopic (exact) mass is 267 g/mol. The highest BCUT2D eigenvalue weighted by Gasteiger charge is 2.36. The first kappa shape index (κ1) is 13.2. The van der Waals surface area contributed by atoms with Gasteiger partial charge in [-0.15, -0.1) is 0 Å². The van der Waals surface area contributed by atoms with Crippen LogP contribution in [0.4, 0.5) is 4.79 Å². The highest BCUT2D eigenvalue weighted by atomic mass is 16.5.